The summed E-state index contributed by atoms with van der Waals surface area (Å²) in [5.41, 5.74) is -2.35. The molecule has 1 heterocycles. The molecule has 1 fully saturated rings. The van der Waals surface area contributed by atoms with Crippen molar-refractivity contribution >= 4 is 35.5 Å². The maximum absolute atomic E-state index is 12.0. The zero-order chi connectivity index (χ0) is 15.5. The molecular formula is C11H15NO7S. The maximum Gasteiger partial charge on any atom is 0.326 e. The summed E-state index contributed by atoms with van der Waals surface area (Å²) in [6.07, 6.45) is 0.147. The number of imide groups is 1. The van der Waals surface area contributed by atoms with Gasteiger partial charge in [0.05, 0.1) is 12.8 Å². The summed E-state index contributed by atoms with van der Waals surface area (Å²) in [7, 11) is 0. The number of amides is 2. The second-order valence-corrected chi connectivity index (χ2v) is 5.47. The van der Waals surface area contributed by atoms with E-state index >= 15 is 0 Å². The fourth-order valence-corrected chi connectivity index (χ4v) is 2.50. The molecule has 2 amide bonds. The molecule has 3 N–H and O–H groups in total. The topological polar surface area (TPSA) is 132 Å². The van der Waals surface area contributed by atoms with Crippen LogP contribution in [0.15, 0.2) is 0 Å². The summed E-state index contributed by atoms with van der Waals surface area (Å²) in [5, 5.41) is 27.7. The van der Waals surface area contributed by atoms with E-state index in [0.717, 1.165) is 0 Å². The van der Waals surface area contributed by atoms with Gasteiger partial charge in [0.15, 0.2) is 5.60 Å². The van der Waals surface area contributed by atoms with Gasteiger partial charge < -0.3 is 15.3 Å². The highest BCUT2D eigenvalue weighted by atomic mass is 32.2. The van der Waals surface area contributed by atoms with E-state index in [4.69, 9.17) is 10.2 Å². The van der Waals surface area contributed by atoms with Crippen LogP contribution in [0.4, 0.5) is 0 Å². The standard InChI is InChI=1S/C11H15NO7S/c1-20-3-2-6(9(16)17)12-7(13)4-11(19,10(12)18)5-8(14)15/h6,19H,2-5H2,1H3,(H,14,15)(H,16,17). The van der Waals surface area contributed by atoms with Crippen LogP contribution in [0.2, 0.25) is 0 Å². The Morgan fingerprint density at radius 1 is 1.40 bits per heavy atom. The predicted octanol–water partition coefficient (Wildman–Crippen LogP) is -0.843. The highest BCUT2D eigenvalue weighted by Gasteiger charge is 2.54. The summed E-state index contributed by atoms with van der Waals surface area (Å²) >= 11 is 1.35. The van der Waals surface area contributed by atoms with Gasteiger partial charge in [-0.05, 0) is 18.4 Å². The lowest BCUT2D eigenvalue weighted by Crippen LogP contribution is -2.49. The molecule has 112 valence electrons. The average molecular weight is 305 g/mol. The summed E-state index contributed by atoms with van der Waals surface area (Å²) < 4.78 is 0. The quantitative estimate of drug-likeness (QED) is 0.518. The van der Waals surface area contributed by atoms with Gasteiger partial charge in [-0.25, -0.2) is 4.79 Å². The van der Waals surface area contributed by atoms with Crippen molar-refractivity contribution < 1.29 is 34.5 Å². The number of carbonyl (C=O) groups excluding carboxylic acids is 2. The molecule has 0 aliphatic carbocycles. The second-order valence-electron chi connectivity index (χ2n) is 4.48. The number of aliphatic hydroxyl groups is 1. The Labute approximate surface area is 118 Å². The third kappa shape index (κ3) is 3.28. The van der Waals surface area contributed by atoms with Crippen LogP contribution in [0.1, 0.15) is 19.3 Å². The van der Waals surface area contributed by atoms with Gasteiger partial charge in [-0.1, -0.05) is 0 Å². The highest BCUT2D eigenvalue weighted by molar-refractivity contribution is 7.98. The first-order valence-electron chi connectivity index (χ1n) is 5.75. The smallest absolute Gasteiger partial charge is 0.326 e. The van der Waals surface area contributed by atoms with Crippen LogP contribution in [0.5, 0.6) is 0 Å². The first-order chi connectivity index (χ1) is 9.23. The van der Waals surface area contributed by atoms with Crippen LogP contribution in [-0.4, -0.2) is 67.6 Å². The van der Waals surface area contributed by atoms with E-state index in [2.05, 4.69) is 0 Å². The minimum Gasteiger partial charge on any atom is -0.481 e. The molecule has 0 saturated carbocycles. The van der Waals surface area contributed by atoms with E-state index in [0.29, 0.717) is 10.7 Å². The minimum atomic E-state index is -2.35. The van der Waals surface area contributed by atoms with Gasteiger partial charge in [0, 0.05) is 0 Å². The molecule has 1 aliphatic heterocycles. The van der Waals surface area contributed by atoms with Crippen LogP contribution in [0.3, 0.4) is 0 Å². The largest absolute Gasteiger partial charge is 0.481 e. The van der Waals surface area contributed by atoms with E-state index in [-0.39, 0.29) is 6.42 Å². The molecule has 1 aliphatic rings. The summed E-state index contributed by atoms with van der Waals surface area (Å²) in [4.78, 5) is 46.0. The molecule has 0 spiro atoms. The second kappa shape index (κ2) is 6.23. The minimum absolute atomic E-state index is 0.0388. The third-order valence-electron chi connectivity index (χ3n) is 2.97. The van der Waals surface area contributed by atoms with Gasteiger partial charge in [-0.15, -0.1) is 0 Å². The van der Waals surface area contributed by atoms with E-state index in [1.807, 2.05) is 0 Å². The van der Waals surface area contributed by atoms with E-state index in [1.54, 1.807) is 6.26 Å². The summed E-state index contributed by atoms with van der Waals surface area (Å²) in [6.45, 7) is 0. The molecule has 0 aromatic rings. The number of rotatable bonds is 7. The molecule has 0 aromatic heterocycles. The number of carbonyl (C=O) groups is 4. The Morgan fingerprint density at radius 3 is 2.45 bits per heavy atom. The molecule has 20 heavy (non-hydrogen) atoms. The number of carboxylic acid groups (broad SMARTS) is 2. The number of nitrogens with zero attached hydrogens (tertiary/aromatic N) is 1. The molecule has 0 radical (unpaired) electrons. The Hall–Kier alpha value is -1.61. The highest BCUT2D eigenvalue weighted by Crippen LogP contribution is 2.30. The van der Waals surface area contributed by atoms with Crippen molar-refractivity contribution in [2.24, 2.45) is 0 Å². The lowest BCUT2D eigenvalue weighted by atomic mass is 9.98. The zero-order valence-corrected chi connectivity index (χ0v) is 11.6. The normalized spacial score (nSPS) is 24.0. The molecule has 8 nitrogen and oxygen atoms in total. The first kappa shape index (κ1) is 16.4. The number of likely N-dealkylation sites (tertiary alicyclic amines) is 1. The van der Waals surface area contributed by atoms with Crippen molar-refractivity contribution in [2.75, 3.05) is 12.0 Å². The molecule has 1 rings (SSSR count). The maximum atomic E-state index is 12.0. The van der Waals surface area contributed by atoms with Crippen molar-refractivity contribution in [3.05, 3.63) is 0 Å². The van der Waals surface area contributed by atoms with Crippen molar-refractivity contribution in [1.82, 2.24) is 4.90 Å². The molecular weight excluding hydrogens is 290 g/mol. The van der Waals surface area contributed by atoms with Crippen molar-refractivity contribution in [2.45, 2.75) is 30.9 Å². The molecule has 0 bridgehead atoms. The summed E-state index contributed by atoms with van der Waals surface area (Å²) in [6, 6.07) is -1.38. The molecule has 2 atom stereocenters. The van der Waals surface area contributed by atoms with Crippen molar-refractivity contribution in [1.29, 1.82) is 0 Å². The number of hydrogen-bond donors (Lipinski definition) is 3. The van der Waals surface area contributed by atoms with Gasteiger partial charge in [0.1, 0.15) is 6.04 Å². The Balaban J connectivity index is 2.99. The third-order valence-corrected chi connectivity index (χ3v) is 3.61. The van der Waals surface area contributed by atoms with Crippen LogP contribution in [-0.2, 0) is 19.2 Å². The van der Waals surface area contributed by atoms with Crippen LogP contribution < -0.4 is 0 Å². The number of thioether (sulfide) groups is 1. The van der Waals surface area contributed by atoms with E-state index in [1.165, 1.54) is 11.8 Å². The van der Waals surface area contributed by atoms with Gasteiger partial charge in [-0.3, -0.25) is 19.3 Å². The van der Waals surface area contributed by atoms with Gasteiger partial charge in [-0.2, -0.15) is 11.8 Å². The molecule has 0 aromatic carbocycles. The predicted molar refractivity (Wildman–Crippen MR) is 68.1 cm³/mol. The first-order valence-corrected chi connectivity index (χ1v) is 7.14. The average Bonchev–Trinajstić information content (AvgIpc) is 2.51. The Bertz CT molecular complexity index is 452. The van der Waals surface area contributed by atoms with Gasteiger partial charge in [0.2, 0.25) is 5.91 Å². The Kier molecular flexibility index (Phi) is 5.12. The molecule has 9 heteroatoms. The van der Waals surface area contributed by atoms with Crippen LogP contribution >= 0.6 is 11.8 Å². The van der Waals surface area contributed by atoms with Crippen molar-refractivity contribution in [3.8, 4) is 0 Å². The fraction of sp³-hybridized carbons (Fsp3) is 0.636. The zero-order valence-electron chi connectivity index (χ0n) is 10.7. The van der Waals surface area contributed by atoms with Gasteiger partial charge in [0.25, 0.3) is 5.91 Å². The lowest BCUT2D eigenvalue weighted by Gasteiger charge is -2.24. The molecule has 2 unspecified atom stereocenters. The monoisotopic (exact) mass is 305 g/mol. The van der Waals surface area contributed by atoms with Crippen molar-refractivity contribution in [3.63, 3.8) is 0 Å². The fourth-order valence-electron chi connectivity index (χ4n) is 2.04. The Morgan fingerprint density at radius 2 is 2.00 bits per heavy atom. The van der Waals surface area contributed by atoms with E-state index < -0.39 is 48.2 Å². The molecule has 1 saturated heterocycles. The van der Waals surface area contributed by atoms with Gasteiger partial charge >= 0.3 is 11.9 Å². The van der Waals surface area contributed by atoms with Crippen LogP contribution in [0, 0.1) is 0 Å². The number of aliphatic carboxylic acids is 2. The number of hydrogen-bond acceptors (Lipinski definition) is 6. The van der Waals surface area contributed by atoms with E-state index in [9.17, 15) is 24.3 Å². The summed E-state index contributed by atoms with van der Waals surface area (Å²) in [5.74, 6) is -4.41. The SMILES string of the molecule is CSCCC(C(=O)O)N1C(=O)CC(O)(CC(=O)O)C1=O. The lowest BCUT2D eigenvalue weighted by molar-refractivity contribution is -0.160. The van der Waals surface area contributed by atoms with Crippen LogP contribution in [0.25, 0.3) is 0 Å². The number of carboxylic acids is 2.